The van der Waals surface area contributed by atoms with Crippen LogP contribution in [-0.2, 0) is 0 Å². The van der Waals surface area contributed by atoms with E-state index in [2.05, 4.69) is 17.1 Å². The van der Waals surface area contributed by atoms with Crippen LogP contribution in [0.4, 0.5) is 5.69 Å². The number of thiocarbonyl (C=S) groups is 1. The molecule has 1 aliphatic heterocycles. The van der Waals surface area contributed by atoms with Crippen molar-refractivity contribution in [3.8, 4) is 0 Å². The van der Waals surface area contributed by atoms with Gasteiger partial charge in [-0.05, 0) is 36.8 Å². The lowest BCUT2D eigenvalue weighted by Crippen LogP contribution is -3.17. The van der Waals surface area contributed by atoms with Crippen molar-refractivity contribution in [3.05, 3.63) is 29.3 Å². The first-order valence-corrected chi connectivity index (χ1v) is 6.64. The maximum atomic E-state index is 6.01. The quantitative estimate of drug-likeness (QED) is 0.807. The summed E-state index contributed by atoms with van der Waals surface area (Å²) in [6, 6.07) is 7.82. The molecule has 1 aromatic carbocycles. The lowest BCUT2D eigenvalue weighted by molar-refractivity contribution is -0.903. The van der Waals surface area contributed by atoms with E-state index >= 15 is 0 Å². The first-order valence-electron chi connectivity index (χ1n) is 5.85. The van der Waals surface area contributed by atoms with Gasteiger partial charge in [0, 0.05) is 5.02 Å². The Hall–Kier alpha value is -0.840. The Kier molecular flexibility index (Phi) is 4.20. The molecule has 5 heteroatoms. The van der Waals surface area contributed by atoms with E-state index in [0.717, 1.165) is 35.7 Å². The zero-order chi connectivity index (χ0) is 12.3. The van der Waals surface area contributed by atoms with Crippen molar-refractivity contribution in [2.24, 2.45) is 0 Å². The number of hydrogen-bond donors (Lipinski definition) is 2. The molecule has 1 atom stereocenters. The monoisotopic (exact) mass is 270 g/mol. The zero-order valence-electron chi connectivity index (χ0n) is 9.87. The van der Waals surface area contributed by atoms with E-state index in [-0.39, 0.29) is 0 Å². The smallest absolute Gasteiger partial charge is 0.182 e. The normalized spacial score (nSPS) is 20.2. The molecule has 0 bridgehead atoms. The summed E-state index contributed by atoms with van der Waals surface area (Å²) in [5, 5.41) is 4.79. The third-order valence-electron chi connectivity index (χ3n) is 2.84. The number of anilines is 1. The van der Waals surface area contributed by atoms with Gasteiger partial charge in [-0.1, -0.05) is 24.6 Å². The van der Waals surface area contributed by atoms with Gasteiger partial charge in [0.15, 0.2) is 18.4 Å². The largest absolute Gasteiger partial charge is 0.315 e. The SMILES string of the molecule is CCC[NH+]1CNC(=S)N(c2cccc(Cl)c2)C1. The second kappa shape index (κ2) is 5.67. The standard InChI is InChI=1S/C12H16ClN3S/c1-2-6-15-8-14-12(17)16(9-15)11-5-3-4-10(13)7-11/h3-5,7H,2,6,8-9H2,1H3,(H,14,17)/p+1. The summed E-state index contributed by atoms with van der Waals surface area (Å²) in [5.41, 5.74) is 1.06. The fraction of sp³-hybridized carbons (Fsp3) is 0.417. The highest BCUT2D eigenvalue weighted by atomic mass is 35.5. The van der Waals surface area contributed by atoms with Crippen molar-refractivity contribution in [1.82, 2.24) is 5.32 Å². The molecule has 0 aromatic heterocycles. The summed E-state index contributed by atoms with van der Waals surface area (Å²) < 4.78 is 0. The minimum absolute atomic E-state index is 0.743. The van der Waals surface area contributed by atoms with Crippen LogP contribution >= 0.6 is 23.8 Å². The lowest BCUT2D eigenvalue weighted by Gasteiger charge is -2.35. The summed E-state index contributed by atoms with van der Waals surface area (Å²) in [7, 11) is 0. The summed E-state index contributed by atoms with van der Waals surface area (Å²) in [6.45, 7) is 5.15. The third-order valence-corrected chi connectivity index (χ3v) is 3.44. The predicted octanol–water partition coefficient (Wildman–Crippen LogP) is 1.24. The van der Waals surface area contributed by atoms with Gasteiger partial charge in [0.2, 0.25) is 0 Å². The van der Waals surface area contributed by atoms with Crippen LogP contribution in [0.15, 0.2) is 24.3 Å². The van der Waals surface area contributed by atoms with Gasteiger partial charge in [-0.2, -0.15) is 0 Å². The predicted molar refractivity (Wildman–Crippen MR) is 75.5 cm³/mol. The molecular weight excluding hydrogens is 254 g/mol. The average Bonchev–Trinajstić information content (AvgIpc) is 2.32. The molecule has 17 heavy (non-hydrogen) atoms. The first-order chi connectivity index (χ1) is 8.20. The van der Waals surface area contributed by atoms with Crippen LogP contribution in [0.2, 0.25) is 5.02 Å². The van der Waals surface area contributed by atoms with Gasteiger partial charge >= 0.3 is 0 Å². The van der Waals surface area contributed by atoms with Gasteiger partial charge in [0.05, 0.1) is 12.2 Å². The highest BCUT2D eigenvalue weighted by molar-refractivity contribution is 7.80. The first kappa shape index (κ1) is 12.6. The topological polar surface area (TPSA) is 19.7 Å². The fourth-order valence-electron chi connectivity index (χ4n) is 2.02. The Morgan fingerprint density at radius 3 is 3.06 bits per heavy atom. The molecular formula is C12H17ClN3S+. The molecule has 0 radical (unpaired) electrons. The van der Waals surface area contributed by atoms with Crippen LogP contribution in [-0.4, -0.2) is 25.0 Å². The Morgan fingerprint density at radius 1 is 1.53 bits per heavy atom. The molecule has 0 aliphatic carbocycles. The highest BCUT2D eigenvalue weighted by Crippen LogP contribution is 2.19. The second-order valence-corrected chi connectivity index (χ2v) is 5.05. The minimum Gasteiger partial charge on any atom is -0.315 e. The summed E-state index contributed by atoms with van der Waals surface area (Å²) in [5.74, 6) is 0. The number of nitrogens with zero attached hydrogens (tertiary/aromatic N) is 1. The Bertz CT molecular complexity index is 410. The van der Waals surface area contributed by atoms with Crippen LogP contribution < -0.4 is 15.1 Å². The number of quaternary nitrogens is 1. The van der Waals surface area contributed by atoms with E-state index in [1.165, 1.54) is 11.3 Å². The minimum atomic E-state index is 0.743. The van der Waals surface area contributed by atoms with E-state index in [9.17, 15) is 0 Å². The van der Waals surface area contributed by atoms with Gasteiger partial charge in [0.25, 0.3) is 0 Å². The number of hydrogen-bond acceptors (Lipinski definition) is 1. The van der Waals surface area contributed by atoms with Crippen molar-refractivity contribution in [1.29, 1.82) is 0 Å². The summed E-state index contributed by atoms with van der Waals surface area (Å²) in [4.78, 5) is 3.59. The molecule has 0 spiro atoms. The summed E-state index contributed by atoms with van der Waals surface area (Å²) >= 11 is 11.4. The van der Waals surface area contributed by atoms with Crippen LogP contribution in [0.3, 0.4) is 0 Å². The molecule has 1 saturated heterocycles. The molecule has 92 valence electrons. The molecule has 0 saturated carbocycles. The van der Waals surface area contributed by atoms with E-state index in [1.54, 1.807) is 0 Å². The van der Waals surface area contributed by atoms with Crippen molar-refractivity contribution in [2.75, 3.05) is 24.8 Å². The number of rotatable bonds is 3. The maximum Gasteiger partial charge on any atom is 0.182 e. The molecule has 1 fully saturated rings. The summed E-state index contributed by atoms with van der Waals surface area (Å²) in [6.07, 6.45) is 1.17. The lowest BCUT2D eigenvalue weighted by atomic mass is 10.3. The Morgan fingerprint density at radius 2 is 2.35 bits per heavy atom. The number of nitrogens with one attached hydrogen (secondary N) is 2. The van der Waals surface area contributed by atoms with Gasteiger partial charge in [-0.3, -0.25) is 4.90 Å². The van der Waals surface area contributed by atoms with E-state index in [4.69, 9.17) is 23.8 Å². The molecule has 3 nitrogen and oxygen atoms in total. The van der Waals surface area contributed by atoms with Crippen molar-refractivity contribution >= 4 is 34.6 Å². The van der Waals surface area contributed by atoms with Crippen molar-refractivity contribution < 1.29 is 4.90 Å². The number of halogens is 1. The molecule has 0 amide bonds. The number of benzene rings is 1. The van der Waals surface area contributed by atoms with E-state index in [0.29, 0.717) is 0 Å². The Labute approximate surface area is 112 Å². The molecule has 1 unspecified atom stereocenters. The van der Waals surface area contributed by atoms with Crippen LogP contribution in [0.5, 0.6) is 0 Å². The maximum absolute atomic E-state index is 6.01. The van der Waals surface area contributed by atoms with E-state index < -0.39 is 0 Å². The fourth-order valence-corrected chi connectivity index (χ4v) is 2.45. The second-order valence-electron chi connectivity index (χ2n) is 4.22. The highest BCUT2D eigenvalue weighted by Gasteiger charge is 2.23. The van der Waals surface area contributed by atoms with Gasteiger partial charge < -0.3 is 10.2 Å². The average molecular weight is 271 g/mol. The van der Waals surface area contributed by atoms with Crippen molar-refractivity contribution in [2.45, 2.75) is 13.3 Å². The Balaban J connectivity index is 2.15. The van der Waals surface area contributed by atoms with Gasteiger partial charge in [-0.15, -0.1) is 0 Å². The molecule has 1 aromatic rings. The molecule has 2 rings (SSSR count). The van der Waals surface area contributed by atoms with Crippen LogP contribution in [0, 0.1) is 0 Å². The zero-order valence-corrected chi connectivity index (χ0v) is 11.4. The molecule has 1 heterocycles. The van der Waals surface area contributed by atoms with Crippen LogP contribution in [0.1, 0.15) is 13.3 Å². The van der Waals surface area contributed by atoms with Crippen molar-refractivity contribution in [3.63, 3.8) is 0 Å². The third kappa shape index (κ3) is 3.09. The van der Waals surface area contributed by atoms with Gasteiger partial charge in [0.1, 0.15) is 0 Å². The molecule has 1 aliphatic rings. The van der Waals surface area contributed by atoms with Crippen LogP contribution in [0.25, 0.3) is 0 Å². The van der Waals surface area contributed by atoms with E-state index in [1.807, 2.05) is 24.3 Å². The molecule has 2 N–H and O–H groups in total. The van der Waals surface area contributed by atoms with Gasteiger partial charge in [-0.25, -0.2) is 0 Å².